The van der Waals surface area contributed by atoms with Crippen LogP contribution in [0.3, 0.4) is 0 Å². The molecule has 0 aliphatic heterocycles. The number of hydrogen-bond acceptors (Lipinski definition) is 6. The fraction of sp³-hybridized carbons (Fsp3) is 0.316. The molecule has 3 aromatic rings. The number of aromatic nitrogens is 3. The SMILES string of the molecule is COCCOC(=O)Nc1cn2c(-c3cc(C)c(Cl)cc3Cl)c(CN)c(C)nc2n1. The van der Waals surface area contributed by atoms with Crippen molar-refractivity contribution in [3.63, 3.8) is 0 Å². The van der Waals surface area contributed by atoms with Crippen LogP contribution >= 0.6 is 23.2 Å². The van der Waals surface area contributed by atoms with Gasteiger partial charge in [-0.3, -0.25) is 9.72 Å². The number of fused-ring (bicyclic) bond motifs is 1. The molecule has 0 fully saturated rings. The van der Waals surface area contributed by atoms with Crippen LogP contribution in [0.5, 0.6) is 0 Å². The monoisotopic (exact) mass is 437 g/mol. The first kappa shape index (κ1) is 21.3. The van der Waals surface area contributed by atoms with Crippen LogP contribution in [0, 0.1) is 13.8 Å². The molecule has 0 atom stereocenters. The molecule has 0 aliphatic carbocycles. The maximum atomic E-state index is 11.9. The lowest BCUT2D eigenvalue weighted by molar-refractivity contribution is 0.107. The van der Waals surface area contributed by atoms with E-state index in [-0.39, 0.29) is 19.0 Å². The Morgan fingerprint density at radius 3 is 2.66 bits per heavy atom. The zero-order valence-electron chi connectivity index (χ0n) is 16.3. The first-order valence-electron chi connectivity index (χ1n) is 8.83. The van der Waals surface area contributed by atoms with Gasteiger partial charge in [-0.05, 0) is 31.5 Å². The number of carbonyl (C=O) groups is 1. The summed E-state index contributed by atoms with van der Waals surface area (Å²) in [5.41, 5.74) is 9.90. The van der Waals surface area contributed by atoms with E-state index in [4.69, 9.17) is 38.4 Å². The first-order valence-corrected chi connectivity index (χ1v) is 9.58. The summed E-state index contributed by atoms with van der Waals surface area (Å²) in [7, 11) is 1.53. The molecule has 3 N–H and O–H groups in total. The second-order valence-electron chi connectivity index (χ2n) is 6.36. The van der Waals surface area contributed by atoms with Crippen molar-refractivity contribution in [2.75, 3.05) is 25.6 Å². The summed E-state index contributed by atoms with van der Waals surface area (Å²) in [5, 5.41) is 3.63. The number of nitrogens with zero attached hydrogens (tertiary/aromatic N) is 3. The Bertz CT molecular complexity index is 1070. The van der Waals surface area contributed by atoms with E-state index in [0.717, 1.165) is 28.1 Å². The van der Waals surface area contributed by atoms with Crippen LogP contribution in [0.25, 0.3) is 17.0 Å². The Labute approximate surface area is 177 Å². The van der Waals surface area contributed by atoms with Crippen LogP contribution < -0.4 is 11.1 Å². The van der Waals surface area contributed by atoms with Crippen molar-refractivity contribution >= 4 is 40.9 Å². The highest BCUT2D eigenvalue weighted by Gasteiger charge is 2.19. The Hall–Kier alpha value is -2.39. The zero-order chi connectivity index (χ0) is 21.1. The topological polar surface area (TPSA) is 104 Å². The van der Waals surface area contributed by atoms with Gasteiger partial charge >= 0.3 is 6.09 Å². The predicted molar refractivity (Wildman–Crippen MR) is 113 cm³/mol. The average molecular weight is 438 g/mol. The maximum absolute atomic E-state index is 11.9. The number of imidazole rings is 1. The van der Waals surface area contributed by atoms with Crippen LogP contribution in [-0.4, -0.2) is 40.8 Å². The molecule has 0 unspecified atom stereocenters. The lowest BCUT2D eigenvalue weighted by atomic mass is 10.0. The van der Waals surface area contributed by atoms with Gasteiger partial charge in [0, 0.05) is 35.5 Å². The Kier molecular flexibility index (Phi) is 6.59. The molecule has 29 heavy (non-hydrogen) atoms. The van der Waals surface area contributed by atoms with Crippen LogP contribution in [0.1, 0.15) is 16.8 Å². The minimum Gasteiger partial charge on any atom is -0.447 e. The molecule has 0 spiro atoms. The number of hydrogen-bond donors (Lipinski definition) is 2. The molecular weight excluding hydrogens is 417 g/mol. The van der Waals surface area contributed by atoms with Gasteiger partial charge < -0.3 is 15.2 Å². The van der Waals surface area contributed by atoms with Crippen molar-refractivity contribution in [3.05, 3.63) is 45.2 Å². The molecule has 0 aliphatic rings. The highest BCUT2D eigenvalue weighted by atomic mass is 35.5. The second kappa shape index (κ2) is 8.96. The third-order valence-corrected chi connectivity index (χ3v) is 5.10. The molecular formula is C19H21Cl2N5O3. The largest absolute Gasteiger partial charge is 0.447 e. The van der Waals surface area contributed by atoms with E-state index < -0.39 is 6.09 Å². The third kappa shape index (κ3) is 4.45. The maximum Gasteiger partial charge on any atom is 0.412 e. The van der Waals surface area contributed by atoms with Crippen molar-refractivity contribution in [2.45, 2.75) is 20.4 Å². The molecule has 1 aromatic carbocycles. The third-order valence-electron chi connectivity index (χ3n) is 4.38. The quantitative estimate of drug-likeness (QED) is 0.565. The van der Waals surface area contributed by atoms with Crippen molar-refractivity contribution in [1.82, 2.24) is 14.4 Å². The normalized spacial score (nSPS) is 11.1. The molecule has 0 bridgehead atoms. The standard InChI is InChI=1S/C19H21Cl2N5O3/c1-10-6-12(15(21)7-14(10)20)17-13(8-22)11(2)23-18-24-16(9-26(17)18)25-19(27)29-5-4-28-3/h6-7,9H,4-5,8,22H2,1-3H3,(H,25,27). The summed E-state index contributed by atoms with van der Waals surface area (Å²) in [6.07, 6.45) is 1.01. The first-order chi connectivity index (χ1) is 13.8. The van der Waals surface area contributed by atoms with Crippen molar-refractivity contribution < 1.29 is 14.3 Å². The van der Waals surface area contributed by atoms with Crippen molar-refractivity contribution in [1.29, 1.82) is 0 Å². The molecule has 10 heteroatoms. The molecule has 3 rings (SSSR count). The van der Waals surface area contributed by atoms with E-state index in [1.54, 1.807) is 16.7 Å². The second-order valence-corrected chi connectivity index (χ2v) is 7.17. The minimum atomic E-state index is -0.636. The van der Waals surface area contributed by atoms with Crippen LogP contribution in [0.15, 0.2) is 18.3 Å². The lowest BCUT2D eigenvalue weighted by Gasteiger charge is -2.15. The van der Waals surface area contributed by atoms with Crippen LogP contribution in [-0.2, 0) is 16.0 Å². The Balaban J connectivity index is 2.10. The van der Waals surface area contributed by atoms with E-state index >= 15 is 0 Å². The lowest BCUT2D eigenvalue weighted by Crippen LogP contribution is -2.16. The number of aryl methyl sites for hydroxylation is 2. The fourth-order valence-corrected chi connectivity index (χ4v) is 3.41. The summed E-state index contributed by atoms with van der Waals surface area (Å²) >= 11 is 12.7. The number of nitrogens with two attached hydrogens (primary N) is 1. The highest BCUT2D eigenvalue weighted by Crippen LogP contribution is 2.36. The average Bonchev–Trinajstić information content (AvgIpc) is 3.05. The van der Waals surface area contributed by atoms with Gasteiger partial charge in [0.15, 0.2) is 5.82 Å². The van der Waals surface area contributed by atoms with Crippen molar-refractivity contribution in [3.8, 4) is 11.3 Å². The van der Waals surface area contributed by atoms with Crippen molar-refractivity contribution in [2.24, 2.45) is 5.73 Å². The summed E-state index contributed by atoms with van der Waals surface area (Å²) in [6, 6.07) is 3.59. The van der Waals surface area contributed by atoms with E-state index in [2.05, 4.69) is 15.3 Å². The van der Waals surface area contributed by atoms with Gasteiger partial charge in [-0.15, -0.1) is 0 Å². The Morgan fingerprint density at radius 2 is 1.97 bits per heavy atom. The number of ether oxygens (including phenoxy) is 2. The summed E-state index contributed by atoms with van der Waals surface area (Å²) in [4.78, 5) is 20.8. The van der Waals surface area contributed by atoms with Gasteiger partial charge in [0.05, 0.1) is 23.5 Å². The van der Waals surface area contributed by atoms with Gasteiger partial charge in [0.1, 0.15) is 6.61 Å². The van der Waals surface area contributed by atoms with Gasteiger partial charge in [0.2, 0.25) is 5.78 Å². The minimum absolute atomic E-state index is 0.134. The predicted octanol–water partition coefficient (Wildman–Crippen LogP) is 3.97. The molecule has 0 saturated carbocycles. The molecule has 0 radical (unpaired) electrons. The number of methoxy groups -OCH3 is 1. The van der Waals surface area contributed by atoms with Crippen LogP contribution in [0.4, 0.5) is 10.6 Å². The summed E-state index contributed by atoms with van der Waals surface area (Å²) in [5.74, 6) is 0.683. The molecule has 1 amide bonds. The Morgan fingerprint density at radius 1 is 1.21 bits per heavy atom. The van der Waals surface area contributed by atoms with Gasteiger partial charge in [-0.25, -0.2) is 9.78 Å². The number of anilines is 1. The molecule has 2 aromatic heterocycles. The highest BCUT2D eigenvalue weighted by molar-refractivity contribution is 6.36. The summed E-state index contributed by atoms with van der Waals surface area (Å²) in [6.45, 7) is 4.44. The smallest absolute Gasteiger partial charge is 0.412 e. The number of benzene rings is 1. The van der Waals surface area contributed by atoms with Gasteiger partial charge in [-0.1, -0.05) is 23.2 Å². The number of amides is 1. The number of carbonyl (C=O) groups excluding carboxylic acids is 1. The van der Waals surface area contributed by atoms with Gasteiger partial charge in [0.25, 0.3) is 0 Å². The number of nitrogens with one attached hydrogen (secondary N) is 1. The number of rotatable bonds is 6. The van der Waals surface area contributed by atoms with Crippen LogP contribution in [0.2, 0.25) is 10.0 Å². The van der Waals surface area contributed by atoms with Gasteiger partial charge in [-0.2, -0.15) is 4.98 Å². The molecule has 154 valence electrons. The van der Waals surface area contributed by atoms with E-state index in [1.165, 1.54) is 7.11 Å². The number of halogens is 2. The molecule has 0 saturated heterocycles. The van der Waals surface area contributed by atoms with E-state index in [1.807, 2.05) is 19.9 Å². The summed E-state index contributed by atoms with van der Waals surface area (Å²) < 4.78 is 11.6. The van der Waals surface area contributed by atoms with E-state index in [0.29, 0.717) is 22.4 Å². The molecule has 2 heterocycles. The fourth-order valence-electron chi connectivity index (χ4n) is 2.94. The molecule has 8 nitrogen and oxygen atoms in total. The van der Waals surface area contributed by atoms with E-state index in [9.17, 15) is 4.79 Å². The zero-order valence-corrected chi connectivity index (χ0v) is 17.8.